The number of rotatable bonds is 0. The maximum atomic E-state index is 13.1. The molecule has 1 aliphatic rings. The fourth-order valence-corrected chi connectivity index (χ4v) is 1.53. The van der Waals surface area contributed by atoms with Crippen molar-refractivity contribution in [1.29, 1.82) is 0 Å². The summed E-state index contributed by atoms with van der Waals surface area (Å²) in [6.45, 7) is 2.79. The zero-order valence-corrected chi connectivity index (χ0v) is 6.45. The number of hydrogen-bond donors (Lipinski definition) is 1. The van der Waals surface area contributed by atoms with Crippen LogP contribution in [0.4, 0.5) is 10.1 Å². The van der Waals surface area contributed by atoms with Crippen molar-refractivity contribution in [2.75, 3.05) is 11.9 Å². The van der Waals surface area contributed by atoms with E-state index in [0.29, 0.717) is 5.69 Å². The van der Waals surface area contributed by atoms with E-state index in [1.165, 1.54) is 0 Å². The Morgan fingerprint density at radius 1 is 1.45 bits per heavy atom. The molecule has 0 aromatic heterocycles. The molecule has 0 aliphatic carbocycles. The van der Waals surface area contributed by atoms with Gasteiger partial charge in [-0.3, -0.25) is 0 Å². The molecule has 2 heteroatoms. The predicted octanol–water partition coefficient (Wildman–Crippen LogP) is 2.10. The van der Waals surface area contributed by atoms with Crippen LogP contribution in [0.2, 0.25) is 0 Å². The Morgan fingerprint density at radius 2 is 2.27 bits per heavy atom. The van der Waals surface area contributed by atoms with Gasteiger partial charge in [0, 0.05) is 6.54 Å². The molecule has 2 rings (SSSR count). The zero-order valence-electron chi connectivity index (χ0n) is 6.45. The maximum Gasteiger partial charge on any atom is 0.146 e. The summed E-state index contributed by atoms with van der Waals surface area (Å²) in [5, 5.41) is 3.02. The molecule has 1 nitrogen and oxygen atoms in total. The Bertz CT molecular complexity index is 294. The highest BCUT2D eigenvalue weighted by atomic mass is 19.1. The van der Waals surface area contributed by atoms with Crippen LogP contribution in [0.15, 0.2) is 12.1 Å². The van der Waals surface area contributed by atoms with E-state index in [2.05, 4.69) is 5.32 Å². The minimum atomic E-state index is -0.113. The minimum absolute atomic E-state index is 0.113. The molecular formula is C9H10FN. The van der Waals surface area contributed by atoms with E-state index in [4.69, 9.17) is 0 Å². The van der Waals surface area contributed by atoms with E-state index in [1.54, 1.807) is 6.07 Å². The molecule has 0 amide bonds. The van der Waals surface area contributed by atoms with E-state index in [-0.39, 0.29) is 5.82 Å². The van der Waals surface area contributed by atoms with Crippen LogP contribution in [0.5, 0.6) is 0 Å². The van der Waals surface area contributed by atoms with Gasteiger partial charge in [-0.2, -0.15) is 0 Å². The number of anilines is 1. The van der Waals surface area contributed by atoms with Gasteiger partial charge in [0.05, 0.1) is 5.69 Å². The summed E-state index contributed by atoms with van der Waals surface area (Å²) in [6, 6.07) is 3.61. The standard InChI is InChI=1S/C9H10FN/c1-6-4-7-2-3-11-9(7)8(10)5-6/h4-5,11H,2-3H2,1H3. The van der Waals surface area contributed by atoms with Gasteiger partial charge < -0.3 is 5.32 Å². The summed E-state index contributed by atoms with van der Waals surface area (Å²) < 4.78 is 13.1. The molecule has 1 N–H and O–H groups in total. The van der Waals surface area contributed by atoms with Crippen molar-refractivity contribution in [2.45, 2.75) is 13.3 Å². The Morgan fingerprint density at radius 3 is 3.09 bits per heavy atom. The lowest BCUT2D eigenvalue weighted by Gasteiger charge is -2.01. The third kappa shape index (κ3) is 0.985. The number of benzene rings is 1. The highest BCUT2D eigenvalue weighted by Crippen LogP contribution is 2.26. The largest absolute Gasteiger partial charge is 0.382 e. The van der Waals surface area contributed by atoms with E-state index < -0.39 is 0 Å². The van der Waals surface area contributed by atoms with Crippen LogP contribution < -0.4 is 5.32 Å². The van der Waals surface area contributed by atoms with Crippen LogP contribution in [-0.4, -0.2) is 6.54 Å². The van der Waals surface area contributed by atoms with Gasteiger partial charge in [0.2, 0.25) is 0 Å². The molecule has 0 bridgehead atoms. The SMILES string of the molecule is Cc1cc(F)c2c(c1)CCN2. The third-order valence-corrected chi connectivity index (χ3v) is 2.01. The molecule has 58 valence electrons. The Labute approximate surface area is 65.2 Å². The second-order valence-corrected chi connectivity index (χ2v) is 2.96. The molecule has 0 saturated heterocycles. The van der Waals surface area contributed by atoms with Crippen LogP contribution in [-0.2, 0) is 6.42 Å². The second-order valence-electron chi connectivity index (χ2n) is 2.96. The topological polar surface area (TPSA) is 12.0 Å². The Balaban J connectivity index is 2.60. The van der Waals surface area contributed by atoms with Gasteiger partial charge in [-0.25, -0.2) is 4.39 Å². The lowest BCUT2D eigenvalue weighted by Crippen LogP contribution is -1.93. The quantitative estimate of drug-likeness (QED) is 0.598. The van der Waals surface area contributed by atoms with Gasteiger partial charge in [-0.15, -0.1) is 0 Å². The summed E-state index contributed by atoms with van der Waals surface area (Å²) in [4.78, 5) is 0. The molecule has 0 spiro atoms. The monoisotopic (exact) mass is 151 g/mol. The maximum absolute atomic E-state index is 13.1. The molecule has 1 aliphatic heterocycles. The number of aryl methyl sites for hydroxylation is 1. The molecule has 11 heavy (non-hydrogen) atoms. The third-order valence-electron chi connectivity index (χ3n) is 2.01. The first kappa shape index (κ1) is 6.65. The Kier molecular flexibility index (Phi) is 1.34. The van der Waals surface area contributed by atoms with Crippen LogP contribution in [0.3, 0.4) is 0 Å². The molecule has 1 aromatic carbocycles. The Hall–Kier alpha value is -1.05. The highest BCUT2D eigenvalue weighted by Gasteiger charge is 2.13. The summed E-state index contributed by atoms with van der Waals surface area (Å²) in [5.74, 6) is -0.113. The van der Waals surface area contributed by atoms with Crippen molar-refractivity contribution in [2.24, 2.45) is 0 Å². The first-order chi connectivity index (χ1) is 5.27. The zero-order chi connectivity index (χ0) is 7.84. The van der Waals surface area contributed by atoms with Crippen molar-refractivity contribution in [3.8, 4) is 0 Å². The normalized spacial score (nSPS) is 14.4. The molecule has 0 radical (unpaired) electrons. The second kappa shape index (κ2) is 2.22. The van der Waals surface area contributed by atoms with E-state index in [1.807, 2.05) is 13.0 Å². The first-order valence-electron chi connectivity index (χ1n) is 3.80. The molecular weight excluding hydrogens is 141 g/mol. The summed E-state index contributed by atoms with van der Waals surface area (Å²) in [6.07, 6.45) is 0.952. The molecule has 0 atom stereocenters. The van der Waals surface area contributed by atoms with Crippen LogP contribution >= 0.6 is 0 Å². The van der Waals surface area contributed by atoms with Gasteiger partial charge in [-0.05, 0) is 30.5 Å². The van der Waals surface area contributed by atoms with E-state index >= 15 is 0 Å². The van der Waals surface area contributed by atoms with Crippen LogP contribution in [0.1, 0.15) is 11.1 Å². The van der Waals surface area contributed by atoms with Gasteiger partial charge in [0.15, 0.2) is 0 Å². The van der Waals surface area contributed by atoms with Crippen molar-refractivity contribution < 1.29 is 4.39 Å². The molecule has 1 heterocycles. The van der Waals surface area contributed by atoms with Crippen molar-refractivity contribution >= 4 is 5.69 Å². The molecule has 0 unspecified atom stereocenters. The lowest BCUT2D eigenvalue weighted by atomic mass is 10.1. The highest BCUT2D eigenvalue weighted by molar-refractivity contribution is 5.57. The average molecular weight is 151 g/mol. The molecule has 1 aromatic rings. The lowest BCUT2D eigenvalue weighted by molar-refractivity contribution is 0.630. The average Bonchev–Trinajstić information content (AvgIpc) is 2.34. The van der Waals surface area contributed by atoms with Crippen LogP contribution in [0, 0.1) is 12.7 Å². The van der Waals surface area contributed by atoms with Gasteiger partial charge in [-0.1, -0.05) is 6.07 Å². The summed E-state index contributed by atoms with van der Waals surface area (Å²) in [7, 11) is 0. The van der Waals surface area contributed by atoms with Crippen molar-refractivity contribution in [1.82, 2.24) is 0 Å². The van der Waals surface area contributed by atoms with Gasteiger partial charge in [0.1, 0.15) is 5.82 Å². The van der Waals surface area contributed by atoms with Crippen LogP contribution in [0.25, 0.3) is 0 Å². The molecule has 0 fully saturated rings. The van der Waals surface area contributed by atoms with Gasteiger partial charge >= 0.3 is 0 Å². The van der Waals surface area contributed by atoms with Crippen molar-refractivity contribution in [3.05, 3.63) is 29.1 Å². The van der Waals surface area contributed by atoms with Gasteiger partial charge in [0.25, 0.3) is 0 Å². The number of halogens is 1. The van der Waals surface area contributed by atoms with E-state index in [0.717, 1.165) is 24.1 Å². The number of hydrogen-bond acceptors (Lipinski definition) is 1. The fraction of sp³-hybridized carbons (Fsp3) is 0.333. The summed E-state index contributed by atoms with van der Waals surface area (Å²) in [5.41, 5.74) is 2.82. The molecule has 0 saturated carbocycles. The summed E-state index contributed by atoms with van der Waals surface area (Å²) >= 11 is 0. The smallest absolute Gasteiger partial charge is 0.146 e. The fourth-order valence-electron chi connectivity index (χ4n) is 1.53. The van der Waals surface area contributed by atoms with Crippen molar-refractivity contribution in [3.63, 3.8) is 0 Å². The predicted molar refractivity (Wildman–Crippen MR) is 43.3 cm³/mol. The number of fused-ring (bicyclic) bond motifs is 1. The minimum Gasteiger partial charge on any atom is -0.382 e. The number of nitrogens with one attached hydrogen (secondary N) is 1. The van der Waals surface area contributed by atoms with E-state index in [9.17, 15) is 4.39 Å². The first-order valence-corrected chi connectivity index (χ1v) is 3.80.